The van der Waals surface area contributed by atoms with Gasteiger partial charge in [-0.05, 0) is 52.0 Å². The van der Waals surface area contributed by atoms with Crippen molar-refractivity contribution in [3.8, 4) is 0 Å². The van der Waals surface area contributed by atoms with Crippen molar-refractivity contribution in [2.45, 2.75) is 27.7 Å². The second-order valence-electron chi connectivity index (χ2n) is 5.66. The van der Waals surface area contributed by atoms with Crippen LogP contribution >= 0.6 is 0 Å². The lowest BCUT2D eigenvalue weighted by Crippen LogP contribution is -2.42. The average molecular weight is 363 g/mol. The van der Waals surface area contributed by atoms with Gasteiger partial charge in [-0.25, -0.2) is 4.79 Å². The minimum Gasteiger partial charge on any atom is -0.452 e. The molecule has 144 valence electrons. The first-order valence-electron chi connectivity index (χ1n) is 9.03. The summed E-state index contributed by atoms with van der Waals surface area (Å²) in [5, 5.41) is 2.64. The average Bonchev–Trinajstić information content (AvgIpc) is 2.65. The smallest absolute Gasteiger partial charge is 0.338 e. The molecule has 0 bridgehead atoms. The van der Waals surface area contributed by atoms with Crippen molar-refractivity contribution >= 4 is 23.5 Å². The Morgan fingerprint density at radius 3 is 2.08 bits per heavy atom. The van der Waals surface area contributed by atoms with Gasteiger partial charge in [0.15, 0.2) is 6.61 Å². The van der Waals surface area contributed by atoms with E-state index in [1.165, 1.54) is 4.90 Å². The van der Waals surface area contributed by atoms with E-state index in [9.17, 15) is 14.4 Å². The summed E-state index contributed by atoms with van der Waals surface area (Å²) in [6.07, 6.45) is 0. The first kappa shape index (κ1) is 21.5. The van der Waals surface area contributed by atoms with Crippen LogP contribution in [0.15, 0.2) is 24.3 Å². The highest BCUT2D eigenvalue weighted by molar-refractivity contribution is 5.92. The summed E-state index contributed by atoms with van der Waals surface area (Å²) >= 11 is 0. The number of nitrogens with zero attached hydrogens (tertiary/aromatic N) is 2. The van der Waals surface area contributed by atoms with Crippen molar-refractivity contribution in [1.82, 2.24) is 10.2 Å². The SMILES string of the molecule is CCNC(=O)CN(CC)C(=O)COC(=O)c1ccc(N(CC)CC)cc1. The third kappa shape index (κ3) is 6.38. The Hall–Kier alpha value is -2.57. The maximum absolute atomic E-state index is 12.1. The Morgan fingerprint density at radius 1 is 0.962 bits per heavy atom. The van der Waals surface area contributed by atoms with Gasteiger partial charge in [0, 0.05) is 31.9 Å². The standard InChI is InChI=1S/C19H29N3O4/c1-5-20-17(23)13-22(8-4)18(24)14-26-19(25)15-9-11-16(12-10-15)21(6-2)7-3/h9-12H,5-8,13-14H2,1-4H3,(H,20,23). The molecule has 0 unspecified atom stereocenters. The lowest BCUT2D eigenvalue weighted by Gasteiger charge is -2.21. The number of nitrogens with one attached hydrogen (secondary N) is 1. The molecule has 0 radical (unpaired) electrons. The molecule has 0 fully saturated rings. The molecule has 0 spiro atoms. The van der Waals surface area contributed by atoms with Crippen molar-refractivity contribution < 1.29 is 19.1 Å². The maximum Gasteiger partial charge on any atom is 0.338 e. The molecule has 26 heavy (non-hydrogen) atoms. The van der Waals surface area contributed by atoms with Crippen LogP contribution in [-0.2, 0) is 14.3 Å². The molecular weight excluding hydrogens is 334 g/mol. The maximum atomic E-state index is 12.1. The van der Waals surface area contributed by atoms with Gasteiger partial charge in [0.2, 0.25) is 5.91 Å². The van der Waals surface area contributed by atoms with Crippen LogP contribution in [-0.4, -0.2) is 62.0 Å². The molecule has 1 N–H and O–H groups in total. The van der Waals surface area contributed by atoms with Gasteiger partial charge in [0.1, 0.15) is 0 Å². The third-order valence-corrected chi connectivity index (χ3v) is 4.00. The lowest BCUT2D eigenvalue weighted by molar-refractivity contribution is -0.138. The van der Waals surface area contributed by atoms with Gasteiger partial charge in [-0.1, -0.05) is 0 Å². The molecule has 0 heterocycles. The van der Waals surface area contributed by atoms with Crippen LogP contribution in [0, 0.1) is 0 Å². The number of esters is 1. The molecule has 1 aromatic carbocycles. The Labute approximate surface area is 155 Å². The van der Waals surface area contributed by atoms with E-state index in [4.69, 9.17) is 4.74 Å². The number of ether oxygens (including phenoxy) is 1. The number of hydrogen-bond acceptors (Lipinski definition) is 5. The zero-order chi connectivity index (χ0) is 19.5. The predicted octanol–water partition coefficient (Wildman–Crippen LogP) is 1.67. The Balaban J connectivity index is 2.59. The third-order valence-electron chi connectivity index (χ3n) is 4.00. The van der Waals surface area contributed by atoms with Gasteiger partial charge < -0.3 is 19.9 Å². The minimum atomic E-state index is -0.557. The molecule has 0 aliphatic heterocycles. The zero-order valence-corrected chi connectivity index (χ0v) is 16.1. The Morgan fingerprint density at radius 2 is 1.58 bits per heavy atom. The van der Waals surface area contributed by atoms with Crippen molar-refractivity contribution in [2.75, 3.05) is 44.2 Å². The van der Waals surface area contributed by atoms with Crippen LogP contribution in [0.3, 0.4) is 0 Å². The first-order valence-corrected chi connectivity index (χ1v) is 9.03. The lowest BCUT2D eigenvalue weighted by atomic mass is 10.2. The van der Waals surface area contributed by atoms with Gasteiger partial charge >= 0.3 is 5.97 Å². The molecule has 1 aromatic rings. The number of benzene rings is 1. The van der Waals surface area contributed by atoms with Crippen molar-refractivity contribution in [3.05, 3.63) is 29.8 Å². The van der Waals surface area contributed by atoms with Gasteiger partial charge in [0.25, 0.3) is 5.91 Å². The fourth-order valence-corrected chi connectivity index (χ4v) is 2.50. The van der Waals surface area contributed by atoms with Crippen LogP contribution < -0.4 is 10.2 Å². The summed E-state index contributed by atoms with van der Waals surface area (Å²) in [6, 6.07) is 7.09. The Kier molecular flexibility index (Phi) is 9.19. The number of carbonyl (C=O) groups excluding carboxylic acids is 3. The van der Waals surface area contributed by atoms with E-state index >= 15 is 0 Å². The van der Waals surface area contributed by atoms with E-state index in [1.807, 2.05) is 19.1 Å². The van der Waals surface area contributed by atoms with Crippen molar-refractivity contribution in [1.29, 1.82) is 0 Å². The second kappa shape index (κ2) is 11.1. The summed E-state index contributed by atoms with van der Waals surface area (Å²) in [6.45, 7) is 9.92. The highest BCUT2D eigenvalue weighted by Gasteiger charge is 2.17. The van der Waals surface area contributed by atoms with Crippen molar-refractivity contribution in [3.63, 3.8) is 0 Å². The van der Waals surface area contributed by atoms with Crippen LogP contribution in [0.5, 0.6) is 0 Å². The summed E-state index contributed by atoms with van der Waals surface area (Å²) < 4.78 is 5.09. The topological polar surface area (TPSA) is 79.0 Å². The number of likely N-dealkylation sites (N-methyl/N-ethyl adjacent to an activating group) is 2. The van der Waals surface area contributed by atoms with Crippen LogP contribution in [0.4, 0.5) is 5.69 Å². The Bertz CT molecular complexity index is 597. The molecule has 7 nitrogen and oxygen atoms in total. The minimum absolute atomic E-state index is 0.0424. The second-order valence-corrected chi connectivity index (χ2v) is 5.66. The zero-order valence-electron chi connectivity index (χ0n) is 16.1. The van der Waals surface area contributed by atoms with E-state index in [-0.39, 0.29) is 19.1 Å². The predicted molar refractivity (Wildman–Crippen MR) is 101 cm³/mol. The number of carbonyl (C=O) groups is 3. The number of anilines is 1. The van der Waals surface area contributed by atoms with Crippen LogP contribution in [0.1, 0.15) is 38.1 Å². The molecule has 0 aromatic heterocycles. The fraction of sp³-hybridized carbons (Fsp3) is 0.526. The van der Waals surface area contributed by atoms with Gasteiger partial charge in [-0.2, -0.15) is 0 Å². The van der Waals surface area contributed by atoms with E-state index in [0.29, 0.717) is 18.7 Å². The number of amides is 2. The molecule has 0 aliphatic carbocycles. The molecule has 2 amide bonds. The van der Waals surface area contributed by atoms with Gasteiger partial charge in [-0.3, -0.25) is 9.59 Å². The van der Waals surface area contributed by atoms with E-state index in [2.05, 4.69) is 24.1 Å². The monoisotopic (exact) mass is 363 g/mol. The van der Waals surface area contributed by atoms with E-state index in [0.717, 1.165) is 18.8 Å². The van der Waals surface area contributed by atoms with Crippen LogP contribution in [0.2, 0.25) is 0 Å². The molecule has 0 atom stereocenters. The quantitative estimate of drug-likeness (QED) is 0.640. The summed E-state index contributed by atoms with van der Waals surface area (Å²) in [7, 11) is 0. The van der Waals surface area contributed by atoms with E-state index < -0.39 is 11.9 Å². The highest BCUT2D eigenvalue weighted by atomic mass is 16.5. The van der Waals surface area contributed by atoms with Crippen LogP contribution in [0.25, 0.3) is 0 Å². The van der Waals surface area contributed by atoms with E-state index in [1.54, 1.807) is 19.1 Å². The fourth-order valence-electron chi connectivity index (χ4n) is 2.50. The van der Waals surface area contributed by atoms with Crippen molar-refractivity contribution in [2.24, 2.45) is 0 Å². The summed E-state index contributed by atoms with van der Waals surface area (Å²) in [5.41, 5.74) is 1.42. The van der Waals surface area contributed by atoms with Gasteiger partial charge in [-0.15, -0.1) is 0 Å². The largest absolute Gasteiger partial charge is 0.452 e. The highest BCUT2D eigenvalue weighted by Crippen LogP contribution is 2.15. The molecule has 1 rings (SSSR count). The number of rotatable bonds is 10. The van der Waals surface area contributed by atoms with Gasteiger partial charge in [0.05, 0.1) is 12.1 Å². The molecule has 0 saturated carbocycles. The summed E-state index contributed by atoms with van der Waals surface area (Å²) in [4.78, 5) is 39.4. The molecule has 0 aliphatic rings. The molecule has 0 saturated heterocycles. The normalized spacial score (nSPS) is 10.2. The molecule has 7 heteroatoms. The summed E-state index contributed by atoms with van der Waals surface area (Å²) in [5.74, 6) is -1.19. The first-order chi connectivity index (χ1) is 12.5. The number of hydrogen-bond donors (Lipinski definition) is 1. The molecular formula is C19H29N3O4.